The van der Waals surface area contributed by atoms with Crippen molar-refractivity contribution in [1.82, 2.24) is 0 Å². The number of carbonyl (C=O) groups is 1. The molecule has 0 N–H and O–H groups in total. The van der Waals surface area contributed by atoms with Crippen molar-refractivity contribution in [2.24, 2.45) is 4.40 Å². The molecule has 0 fully saturated rings. The molecule has 0 aliphatic rings. The van der Waals surface area contributed by atoms with Crippen molar-refractivity contribution in [2.75, 3.05) is 6.61 Å². The van der Waals surface area contributed by atoms with E-state index in [2.05, 4.69) is 9.13 Å². The smallest absolute Gasteiger partial charge is 0.350 e. The number of sulfonamides is 1. The summed E-state index contributed by atoms with van der Waals surface area (Å²) >= 11 is 0. The fraction of sp³-hybridized carbons (Fsp3) is 0.273. The van der Waals surface area contributed by atoms with Gasteiger partial charge in [0.25, 0.3) is 10.0 Å². The second-order valence-corrected chi connectivity index (χ2v) is 4.91. The van der Waals surface area contributed by atoms with Gasteiger partial charge in [0, 0.05) is 0 Å². The second kappa shape index (κ2) is 5.58. The Labute approximate surface area is 100 Å². The minimum Gasteiger partial charge on any atom is -0.462 e. The number of rotatable bonds is 4. The molecule has 0 bridgehead atoms. The van der Waals surface area contributed by atoms with Gasteiger partial charge < -0.3 is 4.74 Å². The molecule has 1 rings (SSSR count). The van der Waals surface area contributed by atoms with Gasteiger partial charge in [-0.1, -0.05) is 17.7 Å². The van der Waals surface area contributed by atoms with Crippen LogP contribution in [0.5, 0.6) is 0 Å². The van der Waals surface area contributed by atoms with Gasteiger partial charge >= 0.3 is 5.97 Å². The van der Waals surface area contributed by atoms with Gasteiger partial charge in [-0.3, -0.25) is 0 Å². The van der Waals surface area contributed by atoms with E-state index >= 15 is 0 Å². The molecule has 1 aromatic carbocycles. The average Bonchev–Trinajstić information content (AvgIpc) is 2.28. The quantitative estimate of drug-likeness (QED) is 0.600. The van der Waals surface area contributed by atoms with Crippen LogP contribution in [0.4, 0.5) is 0 Å². The Kier molecular flexibility index (Phi) is 4.39. The third kappa shape index (κ3) is 3.99. The van der Waals surface area contributed by atoms with Gasteiger partial charge in [-0.15, -0.1) is 0 Å². The van der Waals surface area contributed by atoms with Crippen molar-refractivity contribution in [3.05, 3.63) is 29.8 Å². The molecule has 0 amide bonds. The predicted molar refractivity (Wildman–Crippen MR) is 63.5 cm³/mol. The summed E-state index contributed by atoms with van der Waals surface area (Å²) in [6.45, 7) is 3.65. The highest BCUT2D eigenvalue weighted by Gasteiger charge is 2.11. The summed E-state index contributed by atoms with van der Waals surface area (Å²) < 4.78 is 31.1. The number of hydrogen-bond acceptors (Lipinski definition) is 4. The van der Waals surface area contributed by atoms with E-state index in [1.54, 1.807) is 19.1 Å². The van der Waals surface area contributed by atoms with Crippen molar-refractivity contribution < 1.29 is 17.9 Å². The first-order chi connectivity index (χ1) is 7.95. The van der Waals surface area contributed by atoms with Crippen molar-refractivity contribution >= 4 is 22.2 Å². The van der Waals surface area contributed by atoms with Gasteiger partial charge in [-0.2, -0.15) is 12.8 Å². The Morgan fingerprint density at radius 1 is 1.35 bits per heavy atom. The van der Waals surface area contributed by atoms with Crippen molar-refractivity contribution in [3.8, 4) is 0 Å². The zero-order valence-corrected chi connectivity index (χ0v) is 10.4. The molecular weight excluding hydrogens is 242 g/mol. The number of nitrogens with zero attached hydrogens (tertiary/aromatic N) is 1. The monoisotopic (exact) mass is 255 g/mol. The van der Waals surface area contributed by atoms with Crippen LogP contribution in [0.1, 0.15) is 12.5 Å². The lowest BCUT2D eigenvalue weighted by Gasteiger charge is -1.99. The Bertz CT molecular complexity index is 517. The zero-order valence-electron chi connectivity index (χ0n) is 9.58. The SMILES string of the molecule is CCOC(=O)/C=N/S(=O)(=O)c1ccc(C)cc1. The number of esters is 1. The van der Waals surface area contributed by atoms with Crippen molar-refractivity contribution in [3.63, 3.8) is 0 Å². The fourth-order valence-corrected chi connectivity index (χ4v) is 1.89. The molecular formula is C11H13NO4S. The molecule has 0 heterocycles. The lowest BCUT2D eigenvalue weighted by Crippen LogP contribution is -2.07. The molecule has 6 heteroatoms. The Hall–Kier alpha value is -1.69. The van der Waals surface area contributed by atoms with Gasteiger partial charge in [-0.25, -0.2) is 4.79 Å². The number of carbonyl (C=O) groups excluding carboxylic acids is 1. The maximum atomic E-state index is 11.6. The normalized spacial score (nSPS) is 11.6. The molecule has 1 aromatic rings. The number of hydrogen-bond donors (Lipinski definition) is 0. The molecule has 0 aliphatic heterocycles. The van der Waals surface area contributed by atoms with E-state index in [-0.39, 0.29) is 11.5 Å². The minimum atomic E-state index is -3.82. The second-order valence-electron chi connectivity index (χ2n) is 3.27. The third-order valence-electron chi connectivity index (χ3n) is 1.90. The number of benzene rings is 1. The van der Waals surface area contributed by atoms with Crippen molar-refractivity contribution in [2.45, 2.75) is 18.7 Å². The Morgan fingerprint density at radius 2 is 1.94 bits per heavy atom. The largest absolute Gasteiger partial charge is 0.462 e. The summed E-state index contributed by atoms with van der Waals surface area (Å²) in [5, 5.41) is 0. The van der Waals surface area contributed by atoms with Crippen LogP contribution in [0.3, 0.4) is 0 Å². The summed E-state index contributed by atoms with van der Waals surface area (Å²) in [6.07, 6.45) is 0.665. The molecule has 0 saturated heterocycles. The van der Waals surface area contributed by atoms with E-state index in [0.717, 1.165) is 5.56 Å². The summed E-state index contributed by atoms with van der Waals surface area (Å²) in [4.78, 5) is 11.0. The predicted octanol–water partition coefficient (Wildman–Crippen LogP) is 1.32. The Balaban J connectivity index is 2.89. The van der Waals surface area contributed by atoms with Crippen LogP contribution in [0.15, 0.2) is 33.6 Å². The van der Waals surface area contributed by atoms with Crippen LogP contribution in [0, 0.1) is 6.92 Å². The topological polar surface area (TPSA) is 72.8 Å². The van der Waals surface area contributed by atoms with Crippen molar-refractivity contribution in [1.29, 1.82) is 0 Å². The molecule has 17 heavy (non-hydrogen) atoms. The highest BCUT2D eigenvalue weighted by molar-refractivity contribution is 7.90. The van der Waals surface area contributed by atoms with Gasteiger partial charge in [0.05, 0.1) is 11.5 Å². The van der Waals surface area contributed by atoms with E-state index in [1.807, 2.05) is 6.92 Å². The molecule has 0 atom stereocenters. The van der Waals surface area contributed by atoms with Gasteiger partial charge in [0.2, 0.25) is 0 Å². The molecule has 0 aromatic heterocycles. The minimum absolute atomic E-state index is 0.0450. The molecule has 0 spiro atoms. The molecule has 0 saturated carbocycles. The lowest BCUT2D eigenvalue weighted by molar-refractivity contribution is -0.134. The van der Waals surface area contributed by atoms with E-state index in [0.29, 0.717) is 6.21 Å². The van der Waals surface area contributed by atoms with Crippen LogP contribution in [-0.4, -0.2) is 27.2 Å². The van der Waals surface area contributed by atoms with Gasteiger partial charge in [0.1, 0.15) is 6.21 Å². The summed E-state index contributed by atoms with van der Waals surface area (Å²) in [5.74, 6) is -0.775. The van der Waals surface area contributed by atoms with Gasteiger partial charge in [0.15, 0.2) is 0 Å². The molecule has 92 valence electrons. The lowest BCUT2D eigenvalue weighted by atomic mass is 10.2. The first kappa shape index (κ1) is 13.4. The van der Waals surface area contributed by atoms with E-state index in [1.165, 1.54) is 12.1 Å². The first-order valence-electron chi connectivity index (χ1n) is 4.99. The number of aryl methyl sites for hydroxylation is 1. The van der Waals surface area contributed by atoms with Crippen LogP contribution < -0.4 is 0 Å². The highest BCUT2D eigenvalue weighted by atomic mass is 32.2. The van der Waals surface area contributed by atoms with Crippen LogP contribution >= 0.6 is 0 Å². The molecule has 5 nitrogen and oxygen atoms in total. The maximum absolute atomic E-state index is 11.6. The van der Waals surface area contributed by atoms with Crippen LogP contribution in [0.25, 0.3) is 0 Å². The first-order valence-corrected chi connectivity index (χ1v) is 6.43. The standard InChI is InChI=1S/C11H13NO4S/c1-3-16-11(13)8-12-17(14,15)10-6-4-9(2)5-7-10/h4-8H,3H2,1-2H3/b12-8+. The van der Waals surface area contributed by atoms with Gasteiger partial charge in [-0.05, 0) is 26.0 Å². The van der Waals surface area contributed by atoms with E-state index in [4.69, 9.17) is 0 Å². The Morgan fingerprint density at radius 3 is 2.47 bits per heavy atom. The average molecular weight is 255 g/mol. The zero-order chi connectivity index (χ0) is 12.9. The summed E-state index contributed by atoms with van der Waals surface area (Å²) in [5.41, 5.74) is 0.943. The number of ether oxygens (including phenoxy) is 1. The van der Waals surface area contributed by atoms with E-state index < -0.39 is 16.0 Å². The third-order valence-corrected chi connectivity index (χ3v) is 3.15. The maximum Gasteiger partial charge on any atom is 0.350 e. The highest BCUT2D eigenvalue weighted by Crippen LogP contribution is 2.12. The van der Waals surface area contributed by atoms with Crippen LogP contribution in [0.2, 0.25) is 0 Å². The summed E-state index contributed by atoms with van der Waals surface area (Å²) in [6, 6.07) is 6.19. The van der Waals surface area contributed by atoms with Crippen LogP contribution in [-0.2, 0) is 19.6 Å². The fourth-order valence-electron chi connectivity index (χ4n) is 1.06. The van der Waals surface area contributed by atoms with E-state index in [9.17, 15) is 13.2 Å². The molecule has 0 unspecified atom stereocenters. The molecule has 0 aliphatic carbocycles. The summed E-state index contributed by atoms with van der Waals surface area (Å²) in [7, 11) is -3.82. The molecule has 0 radical (unpaired) electrons.